The number of halogens is 3. The van der Waals surface area contributed by atoms with Crippen LogP contribution >= 0.6 is 0 Å². The van der Waals surface area contributed by atoms with Gasteiger partial charge in [-0.25, -0.2) is 4.79 Å². The minimum Gasteiger partial charge on any atom is -0.350 e. The van der Waals surface area contributed by atoms with Crippen LogP contribution in [0, 0.1) is 6.92 Å². The molecule has 0 spiro atoms. The number of carbonyl (C=O) groups is 2. The van der Waals surface area contributed by atoms with Crippen LogP contribution in [0.25, 0.3) is 11.4 Å². The molecule has 1 aromatic carbocycles. The molecule has 35 heavy (non-hydrogen) atoms. The first-order valence-corrected chi connectivity index (χ1v) is 11.0. The van der Waals surface area contributed by atoms with Crippen LogP contribution in [0.4, 0.5) is 23.7 Å². The van der Waals surface area contributed by atoms with Gasteiger partial charge in [-0.1, -0.05) is 5.16 Å². The zero-order valence-corrected chi connectivity index (χ0v) is 18.8. The molecule has 3 amide bonds. The lowest BCUT2D eigenvalue weighted by atomic mass is 10.0. The highest BCUT2D eigenvalue weighted by molar-refractivity contribution is 5.94. The van der Waals surface area contributed by atoms with Crippen LogP contribution in [-0.4, -0.2) is 51.1 Å². The average molecular weight is 488 g/mol. The van der Waals surface area contributed by atoms with Crippen molar-refractivity contribution in [2.75, 3.05) is 18.4 Å². The summed E-state index contributed by atoms with van der Waals surface area (Å²) in [5.41, 5.74) is 2.02. The number of hydrogen-bond donors (Lipinski definition) is 2. The number of pyridine rings is 1. The molecule has 9 nitrogen and oxygen atoms in total. The summed E-state index contributed by atoms with van der Waals surface area (Å²) in [4.78, 5) is 34.5. The summed E-state index contributed by atoms with van der Waals surface area (Å²) in [6.07, 6.45) is -0.607. The Bertz CT molecular complexity index is 1200. The number of aryl methyl sites for hydroxylation is 1. The van der Waals surface area contributed by atoms with Crippen LogP contribution in [-0.2, 0) is 6.18 Å². The molecule has 2 N–H and O–H groups in total. The molecule has 0 bridgehead atoms. The van der Waals surface area contributed by atoms with Crippen molar-refractivity contribution in [3.63, 3.8) is 0 Å². The zero-order valence-electron chi connectivity index (χ0n) is 18.8. The summed E-state index contributed by atoms with van der Waals surface area (Å²) in [6, 6.07) is 8.91. The van der Waals surface area contributed by atoms with E-state index in [1.807, 2.05) is 0 Å². The lowest BCUT2D eigenvalue weighted by Crippen LogP contribution is -2.50. The number of anilines is 1. The quantitative estimate of drug-likeness (QED) is 0.555. The Labute approximate surface area is 198 Å². The molecule has 3 aromatic rings. The van der Waals surface area contributed by atoms with Gasteiger partial charge >= 0.3 is 18.1 Å². The fourth-order valence-corrected chi connectivity index (χ4v) is 3.83. The van der Waals surface area contributed by atoms with E-state index in [0.717, 1.165) is 25.0 Å². The molecule has 3 heterocycles. The van der Waals surface area contributed by atoms with E-state index in [4.69, 9.17) is 0 Å². The van der Waals surface area contributed by atoms with Crippen molar-refractivity contribution in [3.05, 3.63) is 59.7 Å². The van der Waals surface area contributed by atoms with Gasteiger partial charge in [0.2, 0.25) is 5.82 Å². The lowest BCUT2D eigenvalue weighted by Gasteiger charge is -2.35. The van der Waals surface area contributed by atoms with Gasteiger partial charge in [0, 0.05) is 41.8 Å². The van der Waals surface area contributed by atoms with E-state index in [2.05, 4.69) is 30.3 Å². The van der Waals surface area contributed by atoms with Crippen molar-refractivity contribution in [2.45, 2.75) is 38.4 Å². The van der Waals surface area contributed by atoms with Crippen molar-refractivity contribution in [3.8, 4) is 11.4 Å². The molecule has 4 rings (SSSR count). The Kier molecular flexibility index (Phi) is 6.99. The smallest absolute Gasteiger partial charge is 0.350 e. The number of likely N-dealkylation sites (tertiary alicyclic amines) is 1. The third-order valence-corrected chi connectivity index (χ3v) is 5.61. The minimum atomic E-state index is -4.72. The number of benzene rings is 1. The van der Waals surface area contributed by atoms with Crippen LogP contribution in [0.1, 0.15) is 41.2 Å². The number of alkyl halides is 3. The number of carbonyl (C=O) groups excluding carboxylic acids is 2. The molecule has 1 unspecified atom stereocenters. The first-order valence-electron chi connectivity index (χ1n) is 11.0. The Balaban J connectivity index is 1.36. The molecular weight excluding hydrogens is 465 g/mol. The Morgan fingerprint density at radius 3 is 2.63 bits per heavy atom. The lowest BCUT2D eigenvalue weighted by molar-refractivity contribution is -0.159. The molecule has 1 aliphatic rings. The second-order valence-electron chi connectivity index (χ2n) is 8.17. The summed E-state index contributed by atoms with van der Waals surface area (Å²) in [5.74, 6) is -1.86. The van der Waals surface area contributed by atoms with Gasteiger partial charge < -0.3 is 20.1 Å². The molecule has 1 saturated heterocycles. The van der Waals surface area contributed by atoms with Crippen LogP contribution in [0.2, 0.25) is 0 Å². The van der Waals surface area contributed by atoms with E-state index in [1.165, 1.54) is 12.1 Å². The van der Waals surface area contributed by atoms with Gasteiger partial charge in [-0.05, 0) is 62.6 Å². The molecular formula is C23H23F3N6O3. The molecule has 0 radical (unpaired) electrons. The first-order chi connectivity index (χ1) is 16.7. The Hall–Kier alpha value is -3.96. The number of piperidine rings is 1. The highest BCUT2D eigenvalue weighted by Gasteiger charge is 2.38. The minimum absolute atomic E-state index is 0.171. The topological polar surface area (TPSA) is 113 Å². The summed E-state index contributed by atoms with van der Waals surface area (Å²) in [5, 5.41) is 9.04. The van der Waals surface area contributed by atoms with Gasteiger partial charge in [-0.2, -0.15) is 18.2 Å². The molecule has 1 aliphatic heterocycles. The summed E-state index contributed by atoms with van der Waals surface area (Å²) in [7, 11) is 0. The average Bonchev–Trinajstić information content (AvgIpc) is 3.34. The van der Waals surface area contributed by atoms with E-state index in [0.29, 0.717) is 29.9 Å². The predicted molar refractivity (Wildman–Crippen MR) is 119 cm³/mol. The van der Waals surface area contributed by atoms with Crippen molar-refractivity contribution in [2.24, 2.45) is 0 Å². The molecule has 1 fully saturated rings. The van der Waals surface area contributed by atoms with E-state index in [1.54, 1.807) is 42.3 Å². The van der Waals surface area contributed by atoms with E-state index < -0.39 is 12.1 Å². The number of amides is 3. The number of rotatable bonds is 5. The Morgan fingerprint density at radius 1 is 1.17 bits per heavy atom. The van der Waals surface area contributed by atoms with Gasteiger partial charge in [0.1, 0.15) is 0 Å². The second kappa shape index (κ2) is 10.1. The molecule has 0 saturated carbocycles. The maximum atomic E-state index is 12.9. The standard InChI is InChI=1S/C23H23F3N6O3/c1-14-12-16(9-10-27-14)20(33)28-13-18-4-2-3-11-32(18)22(34)29-17-7-5-15(6-8-17)19-30-21(35-31-19)23(24,25)26/h5-10,12,18H,2-4,11,13H2,1H3,(H,28,33)(H,29,34). The highest BCUT2D eigenvalue weighted by atomic mass is 19.4. The fraction of sp³-hybridized carbons (Fsp3) is 0.348. The largest absolute Gasteiger partial charge is 0.471 e. The van der Waals surface area contributed by atoms with E-state index in [-0.39, 0.29) is 23.8 Å². The normalized spacial score (nSPS) is 16.1. The SMILES string of the molecule is Cc1cc(C(=O)NCC2CCCCN2C(=O)Nc2ccc(-c3noc(C(F)(F)F)n3)cc2)ccn1. The van der Waals surface area contributed by atoms with Gasteiger partial charge in [0.15, 0.2) is 0 Å². The Morgan fingerprint density at radius 2 is 1.94 bits per heavy atom. The molecule has 0 aliphatic carbocycles. The monoisotopic (exact) mass is 488 g/mol. The second-order valence-corrected chi connectivity index (χ2v) is 8.17. The van der Waals surface area contributed by atoms with Gasteiger partial charge in [0.25, 0.3) is 5.91 Å². The van der Waals surface area contributed by atoms with E-state index >= 15 is 0 Å². The highest BCUT2D eigenvalue weighted by Crippen LogP contribution is 2.29. The number of nitrogens with zero attached hydrogens (tertiary/aromatic N) is 4. The summed E-state index contributed by atoms with van der Waals surface area (Å²) >= 11 is 0. The van der Waals surface area contributed by atoms with Gasteiger partial charge in [0.05, 0.1) is 6.04 Å². The maximum absolute atomic E-state index is 12.9. The van der Waals surface area contributed by atoms with Gasteiger partial charge in [-0.3, -0.25) is 9.78 Å². The number of aromatic nitrogens is 3. The number of hydrogen-bond acceptors (Lipinski definition) is 6. The molecule has 1 atom stereocenters. The van der Waals surface area contributed by atoms with Crippen LogP contribution < -0.4 is 10.6 Å². The summed E-state index contributed by atoms with van der Waals surface area (Å²) in [6.45, 7) is 2.66. The fourth-order valence-electron chi connectivity index (χ4n) is 3.83. The molecule has 184 valence electrons. The molecule has 12 heteroatoms. The maximum Gasteiger partial charge on any atom is 0.471 e. The van der Waals surface area contributed by atoms with Gasteiger partial charge in [-0.15, -0.1) is 0 Å². The first kappa shape index (κ1) is 24.2. The van der Waals surface area contributed by atoms with Crippen molar-refractivity contribution in [1.29, 1.82) is 0 Å². The molecule has 2 aromatic heterocycles. The predicted octanol–water partition coefficient (Wildman–Crippen LogP) is 4.28. The van der Waals surface area contributed by atoms with Crippen molar-refractivity contribution >= 4 is 17.6 Å². The summed E-state index contributed by atoms with van der Waals surface area (Å²) < 4.78 is 42.2. The zero-order chi connectivity index (χ0) is 25.0. The third-order valence-electron chi connectivity index (χ3n) is 5.61. The van der Waals surface area contributed by atoms with Crippen LogP contribution in [0.3, 0.4) is 0 Å². The van der Waals surface area contributed by atoms with Crippen LogP contribution in [0.15, 0.2) is 47.1 Å². The number of nitrogens with one attached hydrogen (secondary N) is 2. The van der Waals surface area contributed by atoms with Crippen LogP contribution in [0.5, 0.6) is 0 Å². The van der Waals surface area contributed by atoms with E-state index in [9.17, 15) is 22.8 Å². The van der Waals surface area contributed by atoms with Crippen molar-refractivity contribution < 1.29 is 27.3 Å². The number of urea groups is 1. The van der Waals surface area contributed by atoms with Crippen molar-refractivity contribution in [1.82, 2.24) is 25.3 Å². The third kappa shape index (κ3) is 5.94.